The fourth-order valence-corrected chi connectivity index (χ4v) is 3.27. The predicted molar refractivity (Wildman–Crippen MR) is 81.9 cm³/mol. The summed E-state index contributed by atoms with van der Waals surface area (Å²) in [6.07, 6.45) is 3.68. The molecule has 1 aliphatic rings. The molecule has 5 heteroatoms. The number of hydrogen-bond acceptors (Lipinski definition) is 3. The van der Waals surface area contributed by atoms with Gasteiger partial charge in [0.05, 0.1) is 24.6 Å². The zero-order chi connectivity index (χ0) is 15.7. The number of pyridine rings is 1. The van der Waals surface area contributed by atoms with Gasteiger partial charge in [0, 0.05) is 16.6 Å². The van der Waals surface area contributed by atoms with Crippen LogP contribution in [0.3, 0.4) is 0 Å². The van der Waals surface area contributed by atoms with Gasteiger partial charge in [0.15, 0.2) is 5.43 Å². The van der Waals surface area contributed by atoms with Crippen molar-refractivity contribution in [2.75, 3.05) is 13.1 Å². The summed E-state index contributed by atoms with van der Waals surface area (Å²) in [5, 5.41) is 11.4. The number of rotatable bonds is 3. The third-order valence-corrected chi connectivity index (χ3v) is 4.54. The maximum Gasteiger partial charge on any atom is 0.198 e. The van der Waals surface area contributed by atoms with Crippen molar-refractivity contribution < 1.29 is 14.8 Å². The highest BCUT2D eigenvalue weighted by Crippen LogP contribution is 2.13. The van der Waals surface area contributed by atoms with Gasteiger partial charge in [-0.05, 0) is 43.9 Å². The summed E-state index contributed by atoms with van der Waals surface area (Å²) in [5.41, 5.74) is 2.28. The molecular formula is C17H20N2O3. The van der Waals surface area contributed by atoms with Crippen LogP contribution < -0.4 is 15.4 Å². The summed E-state index contributed by atoms with van der Waals surface area (Å²) in [6.45, 7) is 4.80. The second-order valence-electron chi connectivity index (χ2n) is 6.09. The van der Waals surface area contributed by atoms with E-state index >= 15 is 0 Å². The number of nitrogens with one attached hydrogen (secondary N) is 2. The van der Waals surface area contributed by atoms with E-state index in [4.69, 9.17) is 0 Å². The molecule has 0 amide bonds. The smallest absolute Gasteiger partial charge is 0.198 e. The molecule has 5 nitrogen and oxygen atoms in total. The van der Waals surface area contributed by atoms with Crippen molar-refractivity contribution >= 4 is 16.9 Å². The van der Waals surface area contributed by atoms with Crippen molar-refractivity contribution in [1.82, 2.24) is 4.98 Å². The average Bonchev–Trinajstić information content (AvgIpc) is 2.52. The molecule has 2 heterocycles. The summed E-state index contributed by atoms with van der Waals surface area (Å²) in [4.78, 5) is 28.4. The molecule has 1 aliphatic heterocycles. The number of aromatic amines is 1. The minimum Gasteiger partial charge on any atom is -0.545 e. The molecular weight excluding hydrogens is 280 g/mol. The van der Waals surface area contributed by atoms with Crippen LogP contribution in [0.25, 0.3) is 10.9 Å². The standard InChI is InChI=1S/C17H20N2O3/c1-11-14(10-19-7-3-2-4-8-19)16(20)13-9-12(17(21)22)5-6-15(13)18-11/h5-6,9H,2-4,7-8,10H2,1H3,(H,18,20)(H,21,22). The van der Waals surface area contributed by atoms with Gasteiger partial charge in [0.25, 0.3) is 0 Å². The lowest BCUT2D eigenvalue weighted by Gasteiger charge is -2.24. The number of carbonyl (C=O) groups is 1. The van der Waals surface area contributed by atoms with Gasteiger partial charge in [-0.1, -0.05) is 6.07 Å². The van der Waals surface area contributed by atoms with Gasteiger partial charge in [-0.3, -0.25) is 4.79 Å². The Hall–Kier alpha value is -2.14. The van der Waals surface area contributed by atoms with Gasteiger partial charge in [0.1, 0.15) is 6.54 Å². The number of piperidine rings is 1. The molecule has 1 aromatic carbocycles. The molecule has 0 aliphatic carbocycles. The van der Waals surface area contributed by atoms with E-state index in [2.05, 4.69) is 4.98 Å². The van der Waals surface area contributed by atoms with Crippen LogP contribution in [0.1, 0.15) is 40.9 Å². The molecule has 0 saturated carbocycles. The first-order chi connectivity index (χ1) is 10.6. The first kappa shape index (κ1) is 14.8. The molecule has 22 heavy (non-hydrogen) atoms. The van der Waals surface area contributed by atoms with Crippen LogP contribution in [0.4, 0.5) is 0 Å². The van der Waals surface area contributed by atoms with Crippen molar-refractivity contribution in [3.63, 3.8) is 0 Å². The van der Waals surface area contributed by atoms with Gasteiger partial charge in [-0.25, -0.2) is 0 Å². The van der Waals surface area contributed by atoms with Crippen molar-refractivity contribution in [3.05, 3.63) is 45.2 Å². The fourth-order valence-electron chi connectivity index (χ4n) is 3.27. The summed E-state index contributed by atoms with van der Waals surface area (Å²) >= 11 is 0. The molecule has 1 aromatic heterocycles. The number of aromatic nitrogens is 1. The summed E-state index contributed by atoms with van der Waals surface area (Å²) in [5.74, 6) is -1.26. The van der Waals surface area contributed by atoms with Gasteiger partial charge in [0.2, 0.25) is 0 Å². The Balaban J connectivity index is 2.05. The molecule has 0 bridgehead atoms. The van der Waals surface area contributed by atoms with Crippen molar-refractivity contribution in [2.24, 2.45) is 0 Å². The summed E-state index contributed by atoms with van der Waals surface area (Å²) in [6, 6.07) is 4.51. The second-order valence-corrected chi connectivity index (χ2v) is 6.09. The number of benzene rings is 1. The number of fused-ring (bicyclic) bond motifs is 1. The highest BCUT2D eigenvalue weighted by molar-refractivity contribution is 5.92. The minimum absolute atomic E-state index is 0.0399. The number of aryl methyl sites for hydroxylation is 1. The normalized spacial score (nSPS) is 16.0. The largest absolute Gasteiger partial charge is 0.545 e. The zero-order valence-electron chi connectivity index (χ0n) is 12.7. The third-order valence-electron chi connectivity index (χ3n) is 4.54. The quantitative estimate of drug-likeness (QED) is 0.822. The molecule has 0 unspecified atom stereocenters. The van der Waals surface area contributed by atoms with E-state index in [0.29, 0.717) is 17.4 Å². The van der Waals surface area contributed by atoms with Gasteiger partial charge in [-0.15, -0.1) is 0 Å². The Kier molecular flexibility index (Phi) is 3.98. The third kappa shape index (κ3) is 2.76. The molecule has 2 aromatic rings. The molecule has 116 valence electrons. The van der Waals surface area contributed by atoms with Crippen LogP contribution >= 0.6 is 0 Å². The van der Waals surface area contributed by atoms with E-state index in [0.717, 1.165) is 24.3 Å². The van der Waals surface area contributed by atoms with Crippen LogP contribution in [-0.2, 0) is 6.54 Å². The van der Waals surface area contributed by atoms with Crippen molar-refractivity contribution in [1.29, 1.82) is 0 Å². The Labute approximate surface area is 128 Å². The van der Waals surface area contributed by atoms with E-state index in [1.54, 1.807) is 6.07 Å². The summed E-state index contributed by atoms with van der Waals surface area (Å²) in [7, 11) is 0. The van der Waals surface area contributed by atoms with Crippen LogP contribution in [0.2, 0.25) is 0 Å². The van der Waals surface area contributed by atoms with Crippen molar-refractivity contribution in [3.8, 4) is 0 Å². The van der Waals surface area contributed by atoms with E-state index in [1.165, 1.54) is 36.3 Å². The SMILES string of the molecule is Cc1[nH]c2ccc(C(=O)[O-])cc2c(=O)c1C[NH+]1CCCCC1. The van der Waals surface area contributed by atoms with Gasteiger partial charge >= 0.3 is 0 Å². The topological polar surface area (TPSA) is 77.4 Å². The molecule has 1 saturated heterocycles. The number of quaternary nitrogens is 1. The number of carboxylic acid groups (broad SMARTS) is 1. The number of likely N-dealkylation sites (tertiary alicyclic amines) is 1. The molecule has 1 fully saturated rings. The maximum atomic E-state index is 12.8. The first-order valence-corrected chi connectivity index (χ1v) is 7.76. The van der Waals surface area contributed by atoms with E-state index < -0.39 is 5.97 Å². The monoisotopic (exact) mass is 300 g/mol. The molecule has 0 spiro atoms. The van der Waals surface area contributed by atoms with E-state index in [1.807, 2.05) is 6.92 Å². The van der Waals surface area contributed by atoms with E-state index in [9.17, 15) is 14.7 Å². The number of H-pyrrole nitrogens is 1. The average molecular weight is 300 g/mol. The van der Waals surface area contributed by atoms with Crippen LogP contribution in [0.15, 0.2) is 23.0 Å². The maximum absolute atomic E-state index is 12.8. The molecule has 2 N–H and O–H groups in total. The van der Waals surface area contributed by atoms with Crippen LogP contribution in [-0.4, -0.2) is 24.0 Å². The number of carboxylic acids is 1. The number of aromatic carboxylic acids is 1. The second kappa shape index (κ2) is 5.93. The lowest BCUT2D eigenvalue weighted by atomic mass is 10.0. The number of hydrogen-bond donors (Lipinski definition) is 2. The molecule has 0 atom stereocenters. The Morgan fingerprint density at radius 3 is 2.68 bits per heavy atom. The number of carbonyl (C=O) groups excluding carboxylic acids is 1. The Bertz CT molecular complexity index is 773. The molecule has 3 rings (SSSR count). The lowest BCUT2D eigenvalue weighted by molar-refractivity contribution is -0.918. The van der Waals surface area contributed by atoms with Gasteiger partial charge < -0.3 is 19.8 Å². The first-order valence-electron chi connectivity index (χ1n) is 7.76. The summed E-state index contributed by atoms with van der Waals surface area (Å²) < 4.78 is 0. The Morgan fingerprint density at radius 1 is 1.27 bits per heavy atom. The fraction of sp³-hybridized carbons (Fsp3) is 0.412. The lowest BCUT2D eigenvalue weighted by Crippen LogP contribution is -3.11. The van der Waals surface area contributed by atoms with E-state index in [-0.39, 0.29) is 11.0 Å². The highest BCUT2D eigenvalue weighted by atomic mass is 16.4. The van der Waals surface area contributed by atoms with Gasteiger partial charge in [-0.2, -0.15) is 0 Å². The predicted octanol–water partition coefficient (Wildman–Crippen LogP) is -0.231. The Morgan fingerprint density at radius 2 is 2.00 bits per heavy atom. The molecule has 0 radical (unpaired) electrons. The zero-order valence-corrected chi connectivity index (χ0v) is 12.7. The van der Waals surface area contributed by atoms with Crippen molar-refractivity contribution in [2.45, 2.75) is 32.7 Å². The van der Waals surface area contributed by atoms with Crippen LogP contribution in [0.5, 0.6) is 0 Å². The minimum atomic E-state index is -1.26. The van der Waals surface area contributed by atoms with Crippen LogP contribution in [0, 0.1) is 6.92 Å². The highest BCUT2D eigenvalue weighted by Gasteiger charge is 2.18.